The lowest BCUT2D eigenvalue weighted by molar-refractivity contribution is 0.0559. The molecule has 1 heterocycles. The van der Waals surface area contributed by atoms with Crippen molar-refractivity contribution in [3.63, 3.8) is 0 Å². The van der Waals surface area contributed by atoms with E-state index in [1.165, 1.54) is 0 Å². The zero-order valence-corrected chi connectivity index (χ0v) is 15.5. The Kier molecular flexibility index (Phi) is 5.82. The second kappa shape index (κ2) is 6.43. The van der Waals surface area contributed by atoms with E-state index in [0.29, 0.717) is 5.02 Å². The van der Waals surface area contributed by atoms with Crippen LogP contribution in [0, 0.1) is 0 Å². The van der Waals surface area contributed by atoms with Crippen molar-refractivity contribution in [2.45, 2.75) is 57.7 Å². The lowest BCUT2D eigenvalue weighted by Crippen LogP contribution is -2.60. The number of nitrogens with one attached hydrogen (secondary N) is 1. The third-order valence-electron chi connectivity index (χ3n) is 3.35. The van der Waals surface area contributed by atoms with Crippen molar-refractivity contribution in [1.29, 1.82) is 0 Å². The highest BCUT2D eigenvalue weighted by molar-refractivity contribution is 9.10. The van der Waals surface area contributed by atoms with Crippen LogP contribution >= 0.6 is 39.9 Å². The van der Waals surface area contributed by atoms with Crippen LogP contribution in [-0.4, -0.2) is 17.2 Å². The molecule has 1 fully saturated rings. The third kappa shape index (κ3) is 4.80. The topological polar surface area (TPSA) is 21.3 Å². The van der Waals surface area contributed by atoms with Gasteiger partial charge in [0.2, 0.25) is 0 Å². The Hall–Kier alpha value is 0.0400. The van der Waals surface area contributed by atoms with Crippen molar-refractivity contribution >= 4 is 39.9 Å². The molecule has 5 heteroatoms. The summed E-state index contributed by atoms with van der Waals surface area (Å²) in [7, 11) is 0. The van der Waals surface area contributed by atoms with Crippen LogP contribution in [-0.2, 0) is 0 Å². The van der Waals surface area contributed by atoms with Crippen molar-refractivity contribution < 1.29 is 4.74 Å². The van der Waals surface area contributed by atoms with E-state index in [4.69, 9.17) is 16.3 Å². The maximum absolute atomic E-state index is 6.12. The van der Waals surface area contributed by atoms with E-state index in [1.807, 2.05) is 18.2 Å². The molecule has 0 radical (unpaired) electrons. The van der Waals surface area contributed by atoms with Crippen molar-refractivity contribution in [3.8, 4) is 5.75 Å². The maximum Gasteiger partial charge on any atom is 0.121 e. The van der Waals surface area contributed by atoms with E-state index in [-0.39, 0.29) is 29.6 Å². The van der Waals surface area contributed by atoms with E-state index < -0.39 is 0 Å². The molecule has 20 heavy (non-hydrogen) atoms. The molecule has 1 aliphatic heterocycles. The molecule has 0 saturated carbocycles. The van der Waals surface area contributed by atoms with Crippen LogP contribution in [0.5, 0.6) is 5.75 Å². The summed E-state index contributed by atoms with van der Waals surface area (Å²) in [5, 5.41) is 4.34. The molecule has 2 rings (SSSR count). The number of piperidine rings is 1. The van der Waals surface area contributed by atoms with Gasteiger partial charge in [-0.2, -0.15) is 0 Å². The highest BCUT2D eigenvalue weighted by Crippen LogP contribution is 2.33. The Morgan fingerprint density at radius 3 is 2.25 bits per heavy atom. The van der Waals surface area contributed by atoms with Gasteiger partial charge in [0.1, 0.15) is 11.9 Å². The molecule has 0 amide bonds. The molecule has 0 aliphatic carbocycles. The summed E-state index contributed by atoms with van der Waals surface area (Å²) in [5.41, 5.74) is 0.178. The summed E-state index contributed by atoms with van der Waals surface area (Å²) in [6.07, 6.45) is 2.19. The van der Waals surface area contributed by atoms with Crippen LogP contribution in [0.4, 0.5) is 0 Å². The predicted octanol–water partition coefficient (Wildman–Crippen LogP) is 5.21. The summed E-state index contributed by atoms with van der Waals surface area (Å²) in [6, 6.07) is 5.75. The van der Waals surface area contributed by atoms with E-state index in [9.17, 15) is 0 Å². The fraction of sp³-hybridized carbons (Fsp3) is 0.600. The van der Waals surface area contributed by atoms with Crippen molar-refractivity contribution in [2.75, 3.05) is 0 Å². The molecular formula is C15H22BrCl2NO. The van der Waals surface area contributed by atoms with Gasteiger partial charge in [0.15, 0.2) is 0 Å². The molecule has 1 aromatic rings. The molecule has 2 nitrogen and oxygen atoms in total. The smallest absolute Gasteiger partial charge is 0.121 e. The van der Waals surface area contributed by atoms with Gasteiger partial charge in [0, 0.05) is 28.4 Å². The quantitative estimate of drug-likeness (QED) is 0.757. The van der Waals surface area contributed by atoms with Crippen molar-refractivity contribution in [2.24, 2.45) is 0 Å². The highest BCUT2D eigenvalue weighted by Gasteiger charge is 2.38. The Morgan fingerprint density at radius 2 is 1.75 bits per heavy atom. The molecule has 0 spiro atoms. The van der Waals surface area contributed by atoms with Gasteiger partial charge in [-0.05, 0) is 61.8 Å². The minimum atomic E-state index is 0. The summed E-state index contributed by atoms with van der Waals surface area (Å²) >= 11 is 9.50. The first-order valence-electron chi connectivity index (χ1n) is 6.58. The average Bonchev–Trinajstić information content (AvgIpc) is 2.18. The summed E-state index contributed by atoms with van der Waals surface area (Å²) < 4.78 is 7.01. The van der Waals surface area contributed by atoms with Crippen LogP contribution in [0.25, 0.3) is 0 Å². The molecule has 0 aromatic heterocycles. The van der Waals surface area contributed by atoms with Crippen LogP contribution in [0.2, 0.25) is 5.02 Å². The number of benzene rings is 1. The van der Waals surface area contributed by atoms with E-state index in [1.54, 1.807) is 0 Å². The molecule has 1 N–H and O–H groups in total. The van der Waals surface area contributed by atoms with Crippen LogP contribution in [0.15, 0.2) is 22.7 Å². The molecule has 1 saturated heterocycles. The normalized spacial score (nSPS) is 21.1. The fourth-order valence-electron chi connectivity index (χ4n) is 3.05. The van der Waals surface area contributed by atoms with Gasteiger partial charge < -0.3 is 10.1 Å². The lowest BCUT2D eigenvalue weighted by Gasteiger charge is -2.46. The minimum absolute atomic E-state index is 0. The number of halogens is 3. The third-order valence-corrected chi connectivity index (χ3v) is 4.58. The lowest BCUT2D eigenvalue weighted by atomic mass is 9.81. The Morgan fingerprint density at radius 1 is 1.20 bits per heavy atom. The Balaban J connectivity index is 0.00000200. The number of ether oxygens (including phenoxy) is 1. The SMILES string of the molecule is CC1(C)CC(Oc2ccc(Br)c(Cl)c2)CC(C)(C)N1.Cl. The average molecular weight is 383 g/mol. The van der Waals surface area contributed by atoms with E-state index in [0.717, 1.165) is 23.1 Å². The molecule has 0 unspecified atom stereocenters. The molecule has 0 atom stereocenters. The molecule has 1 aromatic carbocycles. The molecule has 1 aliphatic rings. The van der Waals surface area contributed by atoms with Gasteiger partial charge in [-0.3, -0.25) is 0 Å². The molecular weight excluding hydrogens is 361 g/mol. The van der Waals surface area contributed by atoms with Crippen LogP contribution in [0.1, 0.15) is 40.5 Å². The van der Waals surface area contributed by atoms with Gasteiger partial charge in [-0.25, -0.2) is 0 Å². The molecule has 114 valence electrons. The maximum atomic E-state index is 6.12. The van der Waals surface area contributed by atoms with Crippen molar-refractivity contribution in [1.82, 2.24) is 5.32 Å². The number of hydrogen-bond donors (Lipinski definition) is 1. The highest BCUT2D eigenvalue weighted by atomic mass is 79.9. The first-order valence-corrected chi connectivity index (χ1v) is 7.75. The zero-order valence-electron chi connectivity index (χ0n) is 12.3. The van der Waals surface area contributed by atoms with E-state index in [2.05, 4.69) is 48.9 Å². The van der Waals surface area contributed by atoms with Crippen LogP contribution < -0.4 is 10.1 Å². The van der Waals surface area contributed by atoms with Crippen LogP contribution in [0.3, 0.4) is 0 Å². The first-order chi connectivity index (χ1) is 8.67. The largest absolute Gasteiger partial charge is 0.490 e. The number of rotatable bonds is 2. The first kappa shape index (κ1) is 18.1. The Labute approximate surface area is 141 Å². The monoisotopic (exact) mass is 381 g/mol. The Bertz CT molecular complexity index is 461. The van der Waals surface area contributed by atoms with Gasteiger partial charge >= 0.3 is 0 Å². The summed E-state index contributed by atoms with van der Waals surface area (Å²) in [4.78, 5) is 0. The summed E-state index contributed by atoms with van der Waals surface area (Å²) in [6.45, 7) is 8.88. The molecule has 0 bridgehead atoms. The predicted molar refractivity (Wildman–Crippen MR) is 91.3 cm³/mol. The standard InChI is InChI=1S/C15H21BrClNO.ClH/c1-14(2)8-11(9-15(3,4)18-14)19-10-5-6-12(16)13(17)7-10;/h5-7,11,18H,8-9H2,1-4H3;1H. The van der Waals surface area contributed by atoms with Gasteiger partial charge in [-0.1, -0.05) is 11.6 Å². The fourth-order valence-corrected chi connectivity index (χ4v) is 3.47. The second-order valence-corrected chi connectivity index (χ2v) is 7.88. The number of hydrogen-bond acceptors (Lipinski definition) is 2. The van der Waals surface area contributed by atoms with Gasteiger partial charge in [-0.15, -0.1) is 12.4 Å². The summed E-state index contributed by atoms with van der Waals surface area (Å²) in [5.74, 6) is 0.840. The minimum Gasteiger partial charge on any atom is -0.490 e. The van der Waals surface area contributed by atoms with E-state index >= 15 is 0 Å². The van der Waals surface area contributed by atoms with Gasteiger partial charge in [0.05, 0.1) is 5.02 Å². The second-order valence-electron chi connectivity index (χ2n) is 6.62. The van der Waals surface area contributed by atoms with Crippen molar-refractivity contribution in [3.05, 3.63) is 27.7 Å². The van der Waals surface area contributed by atoms with Gasteiger partial charge in [0.25, 0.3) is 0 Å². The zero-order chi connectivity index (χ0) is 14.3.